The Morgan fingerprint density at radius 1 is 1.53 bits per heavy atom. The van der Waals surface area contributed by atoms with Crippen LogP contribution < -0.4 is 5.32 Å². The van der Waals surface area contributed by atoms with E-state index >= 15 is 0 Å². The number of nitrogens with zero attached hydrogens (tertiary/aromatic N) is 1. The molecular weight excluding hydrogens is 200 g/mol. The summed E-state index contributed by atoms with van der Waals surface area (Å²) in [6.45, 7) is 4.79. The summed E-state index contributed by atoms with van der Waals surface area (Å²) in [6.07, 6.45) is -0.348. The maximum Gasteiger partial charge on any atom is 0.226 e. The van der Waals surface area contributed by atoms with Crippen LogP contribution in [0.3, 0.4) is 0 Å². The van der Waals surface area contributed by atoms with Gasteiger partial charge in [-0.05, 0) is 5.92 Å². The summed E-state index contributed by atoms with van der Waals surface area (Å²) in [5.74, 6) is -0.184. The van der Waals surface area contributed by atoms with Crippen LogP contribution >= 0.6 is 0 Å². The molecule has 0 unspecified atom stereocenters. The summed E-state index contributed by atoms with van der Waals surface area (Å²) in [6, 6.07) is -0.581. The largest absolute Gasteiger partial charge is 0.379 e. The molecule has 0 aromatic heterocycles. The fourth-order valence-electron chi connectivity index (χ4n) is 1.55. The molecule has 1 amide bonds. The van der Waals surface area contributed by atoms with Crippen molar-refractivity contribution in [2.75, 3.05) is 13.7 Å². The quantitative estimate of drug-likeness (QED) is 0.518. The Balaban J connectivity index is 4.56. The van der Waals surface area contributed by atoms with Gasteiger partial charge in [0.15, 0.2) is 0 Å². The fourth-order valence-corrected chi connectivity index (χ4v) is 1.55. The lowest BCUT2D eigenvalue weighted by Gasteiger charge is -2.26. The molecule has 0 saturated carbocycles. The molecule has 0 rings (SSSR count). The van der Waals surface area contributed by atoms with Crippen molar-refractivity contribution >= 4 is 5.91 Å². The Kier molecular flexibility index (Phi) is 5.84. The van der Waals surface area contributed by atoms with E-state index in [0.29, 0.717) is 0 Å². The Hall–Kier alpha value is -1.17. The van der Waals surface area contributed by atoms with Gasteiger partial charge >= 0.3 is 0 Å². The third kappa shape index (κ3) is 5.31. The lowest BCUT2D eigenvalue weighted by molar-refractivity contribution is -0.485. The van der Waals surface area contributed by atoms with Crippen molar-refractivity contribution in [3.63, 3.8) is 0 Å². The smallest absolute Gasteiger partial charge is 0.226 e. The number of carbonyl (C=O) groups is 1. The Morgan fingerprint density at radius 2 is 2.07 bits per heavy atom. The van der Waals surface area contributed by atoms with Gasteiger partial charge in [0.05, 0.1) is 6.10 Å². The molecule has 0 aliphatic heterocycles. The predicted molar refractivity (Wildman–Crippen MR) is 55.1 cm³/mol. The van der Waals surface area contributed by atoms with Crippen LogP contribution in [-0.4, -0.2) is 36.6 Å². The minimum atomic E-state index is -0.581. The summed E-state index contributed by atoms with van der Waals surface area (Å²) >= 11 is 0. The van der Waals surface area contributed by atoms with E-state index in [1.165, 1.54) is 14.0 Å². The highest BCUT2D eigenvalue weighted by Gasteiger charge is 2.29. The number of nitrogens with one attached hydrogen (secondary N) is 1. The van der Waals surface area contributed by atoms with Crippen LogP contribution in [-0.2, 0) is 9.53 Å². The SMILES string of the molecule is CO[C@H](C(C)C)[C@@H](C[N+](=O)[O-])NC(C)=O. The van der Waals surface area contributed by atoms with E-state index in [4.69, 9.17) is 4.74 Å². The average Bonchev–Trinajstić information content (AvgIpc) is 2.01. The van der Waals surface area contributed by atoms with Gasteiger partial charge in [-0.25, -0.2) is 0 Å². The molecule has 0 aromatic carbocycles. The van der Waals surface area contributed by atoms with Gasteiger partial charge in [-0.15, -0.1) is 0 Å². The first-order chi connectivity index (χ1) is 6.88. The molecule has 6 nitrogen and oxygen atoms in total. The van der Waals surface area contributed by atoms with E-state index in [2.05, 4.69) is 5.32 Å². The lowest BCUT2D eigenvalue weighted by Crippen LogP contribution is -2.49. The van der Waals surface area contributed by atoms with E-state index in [-0.39, 0.29) is 24.5 Å². The summed E-state index contributed by atoms with van der Waals surface area (Å²) < 4.78 is 5.16. The maximum absolute atomic E-state index is 10.9. The highest BCUT2D eigenvalue weighted by Crippen LogP contribution is 2.10. The molecule has 2 atom stereocenters. The molecular formula is C9H18N2O4. The molecule has 0 saturated heterocycles. The second-order valence-corrected chi connectivity index (χ2v) is 3.77. The van der Waals surface area contributed by atoms with Crippen molar-refractivity contribution in [3.8, 4) is 0 Å². The monoisotopic (exact) mass is 218 g/mol. The molecule has 0 fully saturated rings. The zero-order valence-electron chi connectivity index (χ0n) is 9.52. The van der Waals surface area contributed by atoms with Crippen molar-refractivity contribution in [3.05, 3.63) is 10.1 Å². The molecule has 0 aromatic rings. The lowest BCUT2D eigenvalue weighted by atomic mass is 9.99. The number of amides is 1. The van der Waals surface area contributed by atoms with Crippen molar-refractivity contribution in [1.82, 2.24) is 5.32 Å². The molecule has 88 valence electrons. The molecule has 1 N–H and O–H groups in total. The fraction of sp³-hybridized carbons (Fsp3) is 0.889. The van der Waals surface area contributed by atoms with Crippen LogP contribution in [0.25, 0.3) is 0 Å². The normalized spacial score (nSPS) is 14.7. The zero-order valence-corrected chi connectivity index (χ0v) is 9.52. The first-order valence-electron chi connectivity index (χ1n) is 4.80. The van der Waals surface area contributed by atoms with Crippen molar-refractivity contribution in [2.24, 2.45) is 5.92 Å². The first kappa shape index (κ1) is 13.8. The Labute approximate surface area is 89.1 Å². The van der Waals surface area contributed by atoms with E-state index < -0.39 is 11.0 Å². The number of rotatable bonds is 6. The van der Waals surface area contributed by atoms with Crippen molar-refractivity contribution in [2.45, 2.75) is 32.9 Å². The predicted octanol–water partition coefficient (Wildman–Crippen LogP) is 0.439. The minimum Gasteiger partial charge on any atom is -0.379 e. The summed E-state index contributed by atoms with van der Waals surface area (Å²) in [7, 11) is 1.49. The number of ether oxygens (including phenoxy) is 1. The van der Waals surface area contributed by atoms with Gasteiger partial charge < -0.3 is 10.1 Å². The van der Waals surface area contributed by atoms with Crippen LogP contribution in [0.15, 0.2) is 0 Å². The second kappa shape index (κ2) is 6.34. The molecule has 0 aliphatic rings. The molecule has 0 bridgehead atoms. The average molecular weight is 218 g/mol. The van der Waals surface area contributed by atoms with Crippen LogP contribution in [0.5, 0.6) is 0 Å². The molecule has 0 spiro atoms. The Morgan fingerprint density at radius 3 is 2.33 bits per heavy atom. The number of methoxy groups -OCH3 is 1. The standard InChI is InChI=1S/C9H18N2O4/c1-6(2)9(15-4)8(5-11(13)14)10-7(3)12/h6,8-9H,5H2,1-4H3,(H,10,12)/t8-,9-/m1/s1. The molecule has 6 heteroatoms. The molecule has 15 heavy (non-hydrogen) atoms. The summed E-state index contributed by atoms with van der Waals surface area (Å²) in [4.78, 5) is 20.9. The Bertz CT molecular complexity index is 214. The molecule has 0 heterocycles. The van der Waals surface area contributed by atoms with Crippen LogP contribution in [0.1, 0.15) is 20.8 Å². The van der Waals surface area contributed by atoms with E-state index in [1.807, 2.05) is 13.8 Å². The van der Waals surface area contributed by atoms with Gasteiger partial charge in [-0.1, -0.05) is 13.8 Å². The van der Waals surface area contributed by atoms with Crippen LogP contribution in [0.2, 0.25) is 0 Å². The number of carbonyl (C=O) groups excluding carboxylic acids is 1. The topological polar surface area (TPSA) is 81.5 Å². The van der Waals surface area contributed by atoms with Crippen molar-refractivity contribution in [1.29, 1.82) is 0 Å². The third-order valence-corrected chi connectivity index (χ3v) is 2.06. The maximum atomic E-state index is 10.9. The van der Waals surface area contributed by atoms with Gasteiger partial charge in [0.2, 0.25) is 12.5 Å². The summed E-state index contributed by atoms with van der Waals surface area (Å²) in [5.41, 5.74) is 0. The zero-order chi connectivity index (χ0) is 12.0. The van der Waals surface area contributed by atoms with Gasteiger partial charge in [-0.2, -0.15) is 0 Å². The van der Waals surface area contributed by atoms with Gasteiger partial charge in [0.1, 0.15) is 6.04 Å². The number of hydrogen-bond donors (Lipinski definition) is 1. The number of nitro groups is 1. The highest BCUT2D eigenvalue weighted by molar-refractivity contribution is 5.73. The van der Waals surface area contributed by atoms with Crippen molar-refractivity contribution < 1.29 is 14.5 Å². The van der Waals surface area contributed by atoms with Gasteiger partial charge in [-0.3, -0.25) is 14.9 Å². The highest BCUT2D eigenvalue weighted by atomic mass is 16.6. The van der Waals surface area contributed by atoms with Gasteiger partial charge in [0.25, 0.3) is 0 Å². The molecule has 0 aliphatic carbocycles. The first-order valence-corrected chi connectivity index (χ1v) is 4.80. The molecule has 0 radical (unpaired) electrons. The third-order valence-electron chi connectivity index (χ3n) is 2.06. The minimum absolute atomic E-state index is 0.104. The van der Waals surface area contributed by atoms with Crippen LogP contribution in [0.4, 0.5) is 0 Å². The van der Waals surface area contributed by atoms with E-state index in [9.17, 15) is 14.9 Å². The van der Waals surface area contributed by atoms with Crippen LogP contribution in [0, 0.1) is 16.0 Å². The number of hydrogen-bond acceptors (Lipinski definition) is 4. The second-order valence-electron chi connectivity index (χ2n) is 3.77. The van der Waals surface area contributed by atoms with E-state index in [0.717, 1.165) is 0 Å². The van der Waals surface area contributed by atoms with E-state index in [1.54, 1.807) is 0 Å². The van der Waals surface area contributed by atoms with Gasteiger partial charge in [0, 0.05) is 19.0 Å². The summed E-state index contributed by atoms with van der Waals surface area (Å²) in [5, 5.41) is 13.0.